The number of alkyl halides is 3. The molecule has 2 unspecified atom stereocenters. The van der Waals surface area contributed by atoms with Gasteiger partial charge in [-0.1, -0.05) is 18.2 Å². The fourth-order valence-electron chi connectivity index (χ4n) is 3.62. The van der Waals surface area contributed by atoms with E-state index in [4.69, 9.17) is 0 Å². The van der Waals surface area contributed by atoms with Crippen LogP contribution in [-0.2, 0) is 24.1 Å². The molecule has 0 spiro atoms. The van der Waals surface area contributed by atoms with Crippen molar-refractivity contribution < 1.29 is 18.0 Å². The van der Waals surface area contributed by atoms with Gasteiger partial charge >= 0.3 is 6.18 Å². The Balaban J connectivity index is 1.49. The molecule has 0 aliphatic heterocycles. The number of hydrogen-bond acceptors (Lipinski definition) is 3. The van der Waals surface area contributed by atoms with E-state index in [1.54, 1.807) is 29.7 Å². The first-order valence-electron chi connectivity index (χ1n) is 9.65. The maximum absolute atomic E-state index is 13.2. The number of carbonyl (C=O) groups is 1. The van der Waals surface area contributed by atoms with Crippen molar-refractivity contribution >= 4 is 5.91 Å². The summed E-state index contributed by atoms with van der Waals surface area (Å²) in [4.78, 5) is 23.1. The largest absolute Gasteiger partial charge is 0.416 e. The number of carbonyl (C=O) groups excluding carboxylic acids is 1. The molecule has 0 radical (unpaired) electrons. The first-order valence-corrected chi connectivity index (χ1v) is 9.65. The second-order valence-electron chi connectivity index (χ2n) is 7.48. The summed E-state index contributed by atoms with van der Waals surface area (Å²) in [7, 11) is 0. The van der Waals surface area contributed by atoms with Gasteiger partial charge in [0.15, 0.2) is 0 Å². The van der Waals surface area contributed by atoms with Crippen molar-refractivity contribution in [3.8, 4) is 0 Å². The van der Waals surface area contributed by atoms with Gasteiger partial charge in [0.1, 0.15) is 0 Å². The molecule has 2 aromatic heterocycles. The van der Waals surface area contributed by atoms with Crippen LogP contribution in [0.3, 0.4) is 0 Å². The van der Waals surface area contributed by atoms with Gasteiger partial charge in [-0.2, -0.15) is 13.2 Å². The highest BCUT2D eigenvalue weighted by Crippen LogP contribution is 2.49. The Labute approximate surface area is 172 Å². The second-order valence-corrected chi connectivity index (χ2v) is 7.48. The van der Waals surface area contributed by atoms with Gasteiger partial charge in [-0.3, -0.25) is 14.8 Å². The summed E-state index contributed by atoms with van der Waals surface area (Å²) >= 11 is 0. The number of amides is 1. The van der Waals surface area contributed by atoms with Crippen molar-refractivity contribution in [1.29, 1.82) is 0 Å². The Morgan fingerprint density at radius 2 is 1.63 bits per heavy atom. The molecule has 0 saturated heterocycles. The Bertz CT molecular complexity index is 950. The van der Waals surface area contributed by atoms with Crippen LogP contribution in [0, 0.1) is 5.92 Å². The van der Waals surface area contributed by atoms with Gasteiger partial charge in [-0.05, 0) is 59.4 Å². The van der Waals surface area contributed by atoms with Crippen molar-refractivity contribution in [2.75, 3.05) is 0 Å². The Hall–Kier alpha value is -3.22. The van der Waals surface area contributed by atoms with E-state index >= 15 is 0 Å². The van der Waals surface area contributed by atoms with Gasteiger partial charge < -0.3 is 4.90 Å². The molecule has 30 heavy (non-hydrogen) atoms. The number of aromatic nitrogens is 2. The van der Waals surface area contributed by atoms with Crippen LogP contribution in [0.15, 0.2) is 73.3 Å². The summed E-state index contributed by atoms with van der Waals surface area (Å²) in [6, 6.07) is 12.6. The summed E-state index contributed by atoms with van der Waals surface area (Å²) in [5.41, 5.74) is 1.98. The van der Waals surface area contributed by atoms with E-state index in [0.29, 0.717) is 19.5 Å². The Kier molecular flexibility index (Phi) is 5.53. The van der Waals surface area contributed by atoms with E-state index < -0.39 is 11.7 Å². The zero-order chi connectivity index (χ0) is 21.1. The summed E-state index contributed by atoms with van der Waals surface area (Å²) in [6.45, 7) is 0.859. The van der Waals surface area contributed by atoms with Gasteiger partial charge in [0.05, 0.1) is 5.56 Å². The smallest absolute Gasteiger partial charge is 0.334 e. The number of pyridine rings is 2. The van der Waals surface area contributed by atoms with Gasteiger partial charge in [0.25, 0.3) is 0 Å². The maximum atomic E-state index is 13.2. The molecule has 1 aliphatic rings. The molecule has 1 aromatic carbocycles. The zero-order valence-electron chi connectivity index (χ0n) is 16.1. The van der Waals surface area contributed by atoms with Gasteiger partial charge in [-0.15, -0.1) is 0 Å². The first-order chi connectivity index (χ1) is 14.4. The van der Waals surface area contributed by atoms with Gasteiger partial charge in [-0.25, -0.2) is 0 Å². The lowest BCUT2D eigenvalue weighted by atomic mass is 10.1. The fourth-order valence-corrected chi connectivity index (χ4v) is 3.62. The van der Waals surface area contributed by atoms with Crippen LogP contribution in [0.4, 0.5) is 13.2 Å². The van der Waals surface area contributed by atoms with E-state index in [0.717, 1.165) is 28.8 Å². The molecular weight excluding hydrogens is 391 g/mol. The predicted octanol–water partition coefficient (Wildman–Crippen LogP) is 4.83. The van der Waals surface area contributed by atoms with Crippen LogP contribution >= 0.6 is 0 Å². The minimum atomic E-state index is -4.36. The molecule has 2 atom stereocenters. The topological polar surface area (TPSA) is 46.1 Å². The normalized spacial score (nSPS) is 18.1. The van der Waals surface area contributed by atoms with E-state index in [1.165, 1.54) is 12.1 Å². The lowest BCUT2D eigenvalue weighted by Gasteiger charge is -2.23. The third kappa shape index (κ3) is 4.67. The molecule has 1 amide bonds. The van der Waals surface area contributed by atoms with Crippen LogP contribution in [-0.4, -0.2) is 20.8 Å². The minimum absolute atomic E-state index is 0.000522. The van der Waals surface area contributed by atoms with E-state index in [-0.39, 0.29) is 17.7 Å². The maximum Gasteiger partial charge on any atom is 0.416 e. The number of benzene rings is 1. The zero-order valence-corrected chi connectivity index (χ0v) is 16.1. The lowest BCUT2D eigenvalue weighted by Crippen LogP contribution is -2.31. The number of halogens is 3. The SMILES string of the molecule is O=C(C1CC1c1ccc(C(F)(F)F)cc1)N(Cc1ccncc1)Cc1cccnc1. The Morgan fingerprint density at radius 1 is 0.933 bits per heavy atom. The third-order valence-corrected chi connectivity index (χ3v) is 5.30. The average molecular weight is 411 g/mol. The highest BCUT2D eigenvalue weighted by molar-refractivity contribution is 5.83. The summed E-state index contributed by atoms with van der Waals surface area (Å²) in [6.07, 6.45) is 3.06. The quantitative estimate of drug-likeness (QED) is 0.584. The predicted molar refractivity (Wildman–Crippen MR) is 105 cm³/mol. The summed E-state index contributed by atoms with van der Waals surface area (Å²) < 4.78 is 38.4. The Morgan fingerprint density at radius 3 is 2.27 bits per heavy atom. The molecule has 0 N–H and O–H groups in total. The van der Waals surface area contributed by atoms with Crippen molar-refractivity contribution in [3.05, 3.63) is 95.6 Å². The molecule has 4 rings (SSSR count). The summed E-state index contributed by atoms with van der Waals surface area (Å²) in [5.74, 6) is -0.269. The molecule has 2 heterocycles. The molecule has 0 bridgehead atoms. The van der Waals surface area contributed by atoms with Crippen LogP contribution in [0.25, 0.3) is 0 Å². The molecule has 7 heteroatoms. The molecule has 1 fully saturated rings. The number of rotatable bonds is 6. The third-order valence-electron chi connectivity index (χ3n) is 5.30. The van der Waals surface area contributed by atoms with Crippen molar-refractivity contribution in [3.63, 3.8) is 0 Å². The molecular formula is C23H20F3N3O. The number of nitrogens with zero attached hydrogens (tertiary/aromatic N) is 3. The molecule has 4 nitrogen and oxygen atoms in total. The molecule has 3 aromatic rings. The van der Waals surface area contributed by atoms with Crippen LogP contribution in [0.2, 0.25) is 0 Å². The van der Waals surface area contributed by atoms with E-state index in [2.05, 4.69) is 9.97 Å². The fraction of sp³-hybridized carbons (Fsp3) is 0.261. The standard InChI is InChI=1S/C23H20F3N3O/c24-23(25,26)19-5-3-18(4-6-19)20-12-21(20)22(30)29(14-16-7-10-27-11-8-16)15-17-2-1-9-28-13-17/h1-11,13,20-21H,12,14-15H2. The highest BCUT2D eigenvalue weighted by Gasteiger charge is 2.46. The average Bonchev–Trinajstić information content (AvgIpc) is 3.55. The van der Waals surface area contributed by atoms with Gasteiger partial charge in [0.2, 0.25) is 5.91 Å². The van der Waals surface area contributed by atoms with Crippen LogP contribution < -0.4 is 0 Å². The van der Waals surface area contributed by atoms with Crippen molar-refractivity contribution in [1.82, 2.24) is 14.9 Å². The van der Waals surface area contributed by atoms with E-state index in [9.17, 15) is 18.0 Å². The van der Waals surface area contributed by atoms with Gasteiger partial charge in [0, 0.05) is 43.8 Å². The van der Waals surface area contributed by atoms with Crippen LogP contribution in [0.5, 0.6) is 0 Å². The monoisotopic (exact) mass is 411 g/mol. The minimum Gasteiger partial charge on any atom is -0.334 e. The number of hydrogen-bond donors (Lipinski definition) is 0. The second kappa shape index (κ2) is 8.26. The molecule has 154 valence electrons. The first kappa shape index (κ1) is 20.1. The molecule has 1 aliphatic carbocycles. The lowest BCUT2D eigenvalue weighted by molar-refractivity contribution is -0.137. The van der Waals surface area contributed by atoms with Crippen molar-refractivity contribution in [2.24, 2.45) is 5.92 Å². The van der Waals surface area contributed by atoms with Crippen LogP contribution in [0.1, 0.15) is 34.6 Å². The van der Waals surface area contributed by atoms with Crippen molar-refractivity contribution in [2.45, 2.75) is 31.6 Å². The highest BCUT2D eigenvalue weighted by atomic mass is 19.4. The summed E-state index contributed by atoms with van der Waals surface area (Å²) in [5, 5.41) is 0. The molecule has 1 saturated carbocycles. The van der Waals surface area contributed by atoms with E-state index in [1.807, 2.05) is 24.3 Å².